The van der Waals surface area contributed by atoms with E-state index in [0.717, 1.165) is 115 Å². The molecule has 17 aromatic carbocycles. The van der Waals surface area contributed by atoms with Crippen LogP contribution in [0.25, 0.3) is 127 Å². The molecule has 0 atom stereocenters. The summed E-state index contributed by atoms with van der Waals surface area (Å²) in [5.41, 5.74) is 31.5. The summed E-state index contributed by atoms with van der Waals surface area (Å²) in [6, 6.07) is 118. The summed E-state index contributed by atoms with van der Waals surface area (Å²) in [5, 5.41) is 2.03. The molecule has 504 valence electrons. The van der Waals surface area contributed by atoms with Crippen molar-refractivity contribution in [2.75, 3.05) is 4.90 Å². The van der Waals surface area contributed by atoms with Crippen molar-refractivity contribution in [3.8, 4) is 83.6 Å². The van der Waals surface area contributed by atoms with E-state index in [2.05, 4.69) is 308 Å². The highest BCUT2D eigenvalue weighted by Crippen LogP contribution is 2.66. The number of para-hydroxylation sites is 4. The Kier molecular flexibility index (Phi) is 11.3. The van der Waals surface area contributed by atoms with Gasteiger partial charge in [0.25, 0.3) is 0 Å². The SMILES string of the molecule is [2H]c1c([2H])c([2H])c2c(c1[2H])c1c([2H])c([2H])c([2H])c([2H])c1n2-c1ccc2c(c1)N(c1c(-c3ccccc3)cccc1-c1ccccc1)c1cc(-c3ccc4oc5ccccc5c4c3)cc3c1B2c1ccc2c(c1S3)-c1cc(-c3ccc4c(c3)-c3ccccc3C4(c3ccccc3)c3ccccc3)ccc1C21c2ccccc2-c2ccccc21. The third kappa shape index (κ3) is 8.34. The molecule has 0 N–H and O–H groups in total. The van der Waals surface area contributed by atoms with Gasteiger partial charge in [-0.15, -0.1) is 0 Å². The first kappa shape index (κ1) is 53.3. The minimum Gasteiger partial charge on any atom is -0.456 e. The molecule has 19 aromatic rings. The van der Waals surface area contributed by atoms with Crippen LogP contribution >= 0.6 is 11.8 Å². The largest absolute Gasteiger partial charge is 0.456 e. The number of benzene rings is 17. The van der Waals surface area contributed by atoms with Gasteiger partial charge in [-0.1, -0.05) is 333 Å². The van der Waals surface area contributed by atoms with Crippen LogP contribution in [-0.4, -0.2) is 11.3 Å². The van der Waals surface area contributed by atoms with E-state index in [4.69, 9.17) is 7.16 Å². The zero-order valence-electron chi connectivity index (χ0n) is 66.5. The number of fused-ring (bicyclic) bond motifs is 24. The second-order valence-electron chi connectivity index (χ2n) is 29.3. The third-order valence-corrected chi connectivity index (χ3v) is 25.4. The van der Waals surface area contributed by atoms with Crippen LogP contribution in [0.2, 0.25) is 0 Å². The number of aromatic nitrogens is 1. The van der Waals surface area contributed by atoms with Gasteiger partial charge < -0.3 is 13.9 Å². The van der Waals surface area contributed by atoms with Crippen LogP contribution in [0.3, 0.4) is 0 Å². The van der Waals surface area contributed by atoms with E-state index >= 15 is 0 Å². The molecule has 0 radical (unpaired) electrons. The molecule has 5 heteroatoms. The predicted octanol–water partition coefficient (Wildman–Crippen LogP) is 24.8. The number of hydrogen-bond acceptors (Lipinski definition) is 3. The fourth-order valence-corrected chi connectivity index (χ4v) is 21.2. The van der Waals surface area contributed by atoms with Crippen LogP contribution in [0, 0.1) is 0 Å². The maximum atomic E-state index is 9.86. The van der Waals surface area contributed by atoms with Crippen LogP contribution in [0.15, 0.2) is 396 Å². The summed E-state index contributed by atoms with van der Waals surface area (Å²) in [5.74, 6) is 0. The van der Waals surface area contributed by atoms with E-state index < -0.39 is 53.8 Å². The predicted molar refractivity (Wildman–Crippen MR) is 453 cm³/mol. The number of rotatable bonds is 8. The average Bonchev–Trinajstić information content (AvgIpc) is 1.52. The van der Waals surface area contributed by atoms with Crippen LogP contribution in [0.1, 0.15) is 55.5 Å². The van der Waals surface area contributed by atoms with E-state index in [1.165, 1.54) is 72.3 Å². The Bertz CT molecular complexity index is 7390. The highest BCUT2D eigenvalue weighted by atomic mass is 32.2. The van der Waals surface area contributed by atoms with Gasteiger partial charge in [0.2, 0.25) is 6.71 Å². The second-order valence-corrected chi connectivity index (χ2v) is 30.4. The summed E-state index contributed by atoms with van der Waals surface area (Å²) >= 11 is 1.84. The maximum absolute atomic E-state index is 9.86. The molecule has 0 amide bonds. The van der Waals surface area contributed by atoms with Crippen molar-refractivity contribution < 1.29 is 15.4 Å². The summed E-state index contributed by atoms with van der Waals surface area (Å²) in [7, 11) is 0. The van der Waals surface area contributed by atoms with E-state index in [1.54, 1.807) is 4.57 Å². The third-order valence-electron chi connectivity index (χ3n) is 24.2. The standard InChI is InChI=1S/C104H63BN2OS/c1-5-26-64(27-6-1)73-40-25-41-74(65-28-7-2-8-29-65)101(73)107-94-63-72(106-92-45-22-16-37-78(92)79-38-17-23-46-93(79)106)51-55-90(94)105-91-56-54-89-99(102(91)109-98-62-69(61-95(107)100(98)105)68-50-57-97-82(59-68)80-39-18-24-47-96(80)108-97)83-60-67(49-53-88(83)104(89)85-43-20-13-34-75(85)76-35-14-21-44-86(76)104)66-48-52-87-81(58-66)77-36-15-19-42-84(77)103(87,70-30-9-3-10-31-70)71-32-11-4-12-33-71/h1-63H/i16D,17D,22D,23D,37D,38D,45D,46D. The van der Waals surface area contributed by atoms with E-state index in [-0.39, 0.29) is 33.9 Å². The molecule has 0 bridgehead atoms. The van der Waals surface area contributed by atoms with Gasteiger partial charge >= 0.3 is 0 Å². The molecule has 24 rings (SSSR count). The van der Waals surface area contributed by atoms with Gasteiger partial charge in [0.1, 0.15) is 11.2 Å². The van der Waals surface area contributed by atoms with Gasteiger partial charge in [-0.05, 0) is 183 Å². The fraction of sp³-hybridized carbons (Fsp3) is 0.0192. The zero-order valence-corrected chi connectivity index (χ0v) is 59.4. The summed E-state index contributed by atoms with van der Waals surface area (Å²) in [6.45, 7) is -0.458. The molecule has 1 spiro atoms. The van der Waals surface area contributed by atoms with Crippen molar-refractivity contribution in [2.24, 2.45) is 0 Å². The lowest BCUT2D eigenvalue weighted by Crippen LogP contribution is -2.60. The van der Waals surface area contributed by atoms with Crippen molar-refractivity contribution in [1.82, 2.24) is 4.57 Å². The minimum atomic E-state index is -0.734. The van der Waals surface area contributed by atoms with Crippen LogP contribution in [-0.2, 0) is 10.8 Å². The molecule has 0 saturated heterocycles. The smallest absolute Gasteiger partial charge is 0.249 e. The number of furan rings is 1. The Labute approximate surface area is 647 Å². The monoisotopic (exact) mass is 1410 g/mol. The fourth-order valence-electron chi connectivity index (χ4n) is 19.8. The lowest BCUT2D eigenvalue weighted by atomic mass is 9.34. The summed E-state index contributed by atoms with van der Waals surface area (Å²) in [4.78, 5) is 4.63. The lowest BCUT2D eigenvalue weighted by molar-refractivity contribution is 0.669. The van der Waals surface area contributed by atoms with Crippen molar-refractivity contribution in [1.29, 1.82) is 0 Å². The van der Waals surface area contributed by atoms with Crippen molar-refractivity contribution >= 4 is 95.7 Å². The molecule has 109 heavy (non-hydrogen) atoms. The Morgan fingerprint density at radius 1 is 0.321 bits per heavy atom. The summed E-state index contributed by atoms with van der Waals surface area (Å²) in [6.07, 6.45) is 0. The highest BCUT2D eigenvalue weighted by molar-refractivity contribution is 8.00. The first-order valence-electron chi connectivity index (χ1n) is 41.2. The Balaban J connectivity index is 0.813. The van der Waals surface area contributed by atoms with E-state index in [9.17, 15) is 8.22 Å². The number of nitrogens with zero attached hydrogens (tertiary/aromatic N) is 2. The van der Waals surface area contributed by atoms with Gasteiger partial charge in [-0.2, -0.15) is 0 Å². The van der Waals surface area contributed by atoms with E-state index in [0.29, 0.717) is 5.69 Å². The molecule has 0 unspecified atom stereocenters. The van der Waals surface area contributed by atoms with Gasteiger partial charge in [0.05, 0.1) is 38.5 Å². The molecule has 0 saturated carbocycles. The Hall–Kier alpha value is -13.4. The molecule has 0 fully saturated rings. The van der Waals surface area contributed by atoms with Crippen molar-refractivity contribution in [2.45, 2.75) is 20.6 Å². The minimum absolute atomic E-state index is 0.0100. The van der Waals surface area contributed by atoms with E-state index in [1.807, 2.05) is 42.1 Å². The van der Waals surface area contributed by atoms with Gasteiger partial charge in [0, 0.05) is 65.1 Å². The molecule has 4 heterocycles. The van der Waals surface area contributed by atoms with Crippen LogP contribution in [0.4, 0.5) is 17.1 Å². The molecular weight excluding hydrogens is 1340 g/mol. The molecule has 3 nitrogen and oxygen atoms in total. The van der Waals surface area contributed by atoms with Crippen molar-refractivity contribution in [3.63, 3.8) is 0 Å². The molecule has 2 aliphatic heterocycles. The van der Waals surface area contributed by atoms with Gasteiger partial charge in [-0.25, -0.2) is 0 Å². The Morgan fingerprint density at radius 3 is 1.47 bits per heavy atom. The maximum Gasteiger partial charge on any atom is 0.249 e. The van der Waals surface area contributed by atoms with Crippen molar-refractivity contribution in [3.05, 3.63) is 426 Å². The first-order chi connectivity index (χ1) is 57.4. The molecule has 3 aliphatic carbocycles. The topological polar surface area (TPSA) is 21.3 Å². The number of hydrogen-bond donors (Lipinski definition) is 0. The molecule has 5 aliphatic rings. The highest BCUT2D eigenvalue weighted by Gasteiger charge is 2.55. The normalized spacial score (nSPS) is 15.0. The average molecular weight is 1410 g/mol. The quantitative estimate of drug-likeness (QED) is 0.142. The first-order valence-corrected chi connectivity index (χ1v) is 38.1. The molecular formula is C104H63BN2OS. The van der Waals surface area contributed by atoms with Crippen LogP contribution < -0.4 is 21.3 Å². The summed E-state index contributed by atoms with van der Waals surface area (Å²) < 4.78 is 83.9. The molecule has 2 aromatic heterocycles. The Morgan fingerprint density at radius 2 is 0.817 bits per heavy atom. The van der Waals surface area contributed by atoms with Gasteiger partial charge in [0.15, 0.2) is 0 Å². The lowest BCUT2D eigenvalue weighted by Gasteiger charge is -2.42. The zero-order chi connectivity index (χ0) is 78.2. The number of anilines is 3. The van der Waals surface area contributed by atoms with Gasteiger partial charge in [-0.3, -0.25) is 0 Å². The second kappa shape index (κ2) is 23.0. The van der Waals surface area contributed by atoms with Crippen LogP contribution in [0.5, 0.6) is 0 Å².